The zero-order valence-electron chi connectivity index (χ0n) is 16.3. The highest BCUT2D eigenvalue weighted by Gasteiger charge is 2.10. The molecule has 0 aliphatic carbocycles. The van der Waals surface area contributed by atoms with Crippen LogP contribution in [0.15, 0.2) is 42.5 Å². The lowest BCUT2D eigenvalue weighted by molar-refractivity contribution is -0.129. The van der Waals surface area contributed by atoms with Crippen molar-refractivity contribution in [3.05, 3.63) is 59.2 Å². The molecule has 27 heavy (non-hydrogen) atoms. The van der Waals surface area contributed by atoms with Crippen molar-refractivity contribution in [3.63, 3.8) is 0 Å². The number of hydrazine groups is 1. The molecular formula is C21H27N3O3. The minimum absolute atomic E-state index is 0.0568. The molecule has 0 saturated heterocycles. The molecule has 6 heteroatoms. The van der Waals surface area contributed by atoms with Crippen LogP contribution < -0.4 is 20.9 Å². The summed E-state index contributed by atoms with van der Waals surface area (Å²) >= 11 is 0. The zero-order valence-corrected chi connectivity index (χ0v) is 16.3. The van der Waals surface area contributed by atoms with Crippen molar-refractivity contribution in [2.75, 3.05) is 18.5 Å². The van der Waals surface area contributed by atoms with Gasteiger partial charge < -0.3 is 10.1 Å². The highest BCUT2D eigenvalue weighted by molar-refractivity contribution is 5.85. The molecule has 144 valence electrons. The maximum atomic E-state index is 11.9. The monoisotopic (exact) mass is 369 g/mol. The Balaban J connectivity index is 1.74. The van der Waals surface area contributed by atoms with Gasteiger partial charge in [-0.25, -0.2) is 0 Å². The maximum Gasteiger partial charge on any atom is 0.276 e. The number of benzene rings is 2. The van der Waals surface area contributed by atoms with Crippen molar-refractivity contribution >= 4 is 17.5 Å². The molecule has 2 aromatic rings. The standard InChI is InChI=1S/C21H27N3O3/c1-14(2)17-7-5-6-8-19(17)27-13-21(26)24-23-20(25)12-22-18-10-9-15(3)11-16(18)4/h5-11,14,22H,12-13H2,1-4H3,(H,23,25)(H,24,26). The van der Waals surface area contributed by atoms with Gasteiger partial charge in [-0.3, -0.25) is 20.4 Å². The van der Waals surface area contributed by atoms with Crippen LogP contribution in [0.3, 0.4) is 0 Å². The van der Waals surface area contributed by atoms with Crippen LogP contribution in [0, 0.1) is 13.8 Å². The summed E-state index contributed by atoms with van der Waals surface area (Å²) in [5.74, 6) is 0.199. The van der Waals surface area contributed by atoms with E-state index in [1.165, 1.54) is 0 Å². The van der Waals surface area contributed by atoms with Gasteiger partial charge in [-0.15, -0.1) is 0 Å². The third-order valence-electron chi connectivity index (χ3n) is 4.06. The highest BCUT2D eigenvalue weighted by atomic mass is 16.5. The van der Waals surface area contributed by atoms with Gasteiger partial charge in [0, 0.05) is 5.69 Å². The molecule has 0 unspecified atom stereocenters. The molecule has 0 saturated carbocycles. The maximum absolute atomic E-state index is 11.9. The van der Waals surface area contributed by atoms with Crippen molar-refractivity contribution in [3.8, 4) is 5.75 Å². The van der Waals surface area contributed by atoms with Crippen LogP contribution >= 0.6 is 0 Å². The largest absolute Gasteiger partial charge is 0.483 e. The first kappa shape index (κ1) is 20.3. The Morgan fingerprint density at radius 2 is 1.70 bits per heavy atom. The number of hydrogen-bond donors (Lipinski definition) is 3. The molecule has 2 amide bonds. The number of carbonyl (C=O) groups is 2. The van der Waals surface area contributed by atoms with Crippen LogP contribution in [0.4, 0.5) is 5.69 Å². The summed E-state index contributed by atoms with van der Waals surface area (Å²) in [5, 5.41) is 3.05. The number of aryl methyl sites for hydroxylation is 2. The lowest BCUT2D eigenvalue weighted by Gasteiger charge is -2.14. The van der Waals surface area contributed by atoms with E-state index in [1.54, 1.807) is 0 Å². The number of rotatable bonds is 7. The van der Waals surface area contributed by atoms with Crippen molar-refractivity contribution in [1.29, 1.82) is 0 Å². The topological polar surface area (TPSA) is 79.5 Å². The van der Waals surface area contributed by atoms with E-state index in [2.05, 4.69) is 30.0 Å². The van der Waals surface area contributed by atoms with E-state index in [0.29, 0.717) is 11.7 Å². The SMILES string of the molecule is Cc1ccc(NCC(=O)NNC(=O)COc2ccccc2C(C)C)c(C)c1. The van der Waals surface area contributed by atoms with Crippen molar-refractivity contribution < 1.29 is 14.3 Å². The number of ether oxygens (including phenoxy) is 1. The van der Waals surface area contributed by atoms with E-state index in [0.717, 1.165) is 22.4 Å². The summed E-state index contributed by atoms with van der Waals surface area (Å²) in [5.41, 5.74) is 8.87. The lowest BCUT2D eigenvalue weighted by atomic mass is 10.0. The Morgan fingerprint density at radius 3 is 2.41 bits per heavy atom. The average Bonchev–Trinajstić information content (AvgIpc) is 2.64. The first-order valence-electron chi connectivity index (χ1n) is 8.97. The summed E-state index contributed by atoms with van der Waals surface area (Å²) in [6, 6.07) is 13.5. The third-order valence-corrected chi connectivity index (χ3v) is 4.06. The Hall–Kier alpha value is -3.02. The van der Waals surface area contributed by atoms with Gasteiger partial charge >= 0.3 is 0 Å². The second kappa shape index (κ2) is 9.62. The second-order valence-electron chi connectivity index (χ2n) is 6.75. The molecule has 0 fully saturated rings. The molecule has 0 aliphatic rings. The Labute approximate surface area is 160 Å². The van der Waals surface area contributed by atoms with E-state index in [-0.39, 0.29) is 19.1 Å². The normalized spacial score (nSPS) is 10.4. The lowest BCUT2D eigenvalue weighted by Crippen LogP contribution is -2.46. The summed E-state index contributed by atoms with van der Waals surface area (Å²) in [4.78, 5) is 23.8. The van der Waals surface area contributed by atoms with Gasteiger partial charge in [-0.2, -0.15) is 0 Å². The average molecular weight is 369 g/mol. The molecular weight excluding hydrogens is 342 g/mol. The number of para-hydroxylation sites is 1. The summed E-state index contributed by atoms with van der Waals surface area (Å²) < 4.78 is 5.57. The molecule has 0 bridgehead atoms. The number of hydrogen-bond acceptors (Lipinski definition) is 4. The minimum Gasteiger partial charge on any atom is -0.483 e. The predicted molar refractivity (Wildman–Crippen MR) is 107 cm³/mol. The molecule has 0 heterocycles. The fraction of sp³-hybridized carbons (Fsp3) is 0.333. The molecule has 2 aromatic carbocycles. The van der Waals surface area contributed by atoms with E-state index >= 15 is 0 Å². The quantitative estimate of drug-likeness (QED) is 0.656. The highest BCUT2D eigenvalue weighted by Crippen LogP contribution is 2.25. The van der Waals surface area contributed by atoms with Gasteiger partial charge in [0.25, 0.3) is 11.8 Å². The molecule has 6 nitrogen and oxygen atoms in total. The third kappa shape index (κ3) is 6.33. The van der Waals surface area contributed by atoms with Crippen LogP contribution in [-0.4, -0.2) is 25.0 Å². The van der Waals surface area contributed by atoms with Crippen LogP contribution in [0.25, 0.3) is 0 Å². The minimum atomic E-state index is -0.423. The van der Waals surface area contributed by atoms with Crippen molar-refractivity contribution in [1.82, 2.24) is 10.9 Å². The van der Waals surface area contributed by atoms with Crippen LogP contribution in [0.5, 0.6) is 5.75 Å². The summed E-state index contributed by atoms with van der Waals surface area (Å²) in [7, 11) is 0. The second-order valence-corrected chi connectivity index (χ2v) is 6.75. The Morgan fingerprint density at radius 1 is 1.00 bits per heavy atom. The van der Waals surface area contributed by atoms with Gasteiger partial charge in [0.15, 0.2) is 6.61 Å². The molecule has 0 aliphatic heterocycles. The van der Waals surface area contributed by atoms with E-state index in [4.69, 9.17) is 4.74 Å². The zero-order chi connectivity index (χ0) is 19.8. The fourth-order valence-corrected chi connectivity index (χ4v) is 2.64. The van der Waals surface area contributed by atoms with E-state index in [9.17, 15) is 9.59 Å². The van der Waals surface area contributed by atoms with E-state index < -0.39 is 5.91 Å². The molecule has 2 rings (SSSR count). The van der Waals surface area contributed by atoms with Crippen molar-refractivity contribution in [2.24, 2.45) is 0 Å². The first-order chi connectivity index (χ1) is 12.9. The number of carbonyl (C=O) groups excluding carboxylic acids is 2. The van der Waals surface area contributed by atoms with Gasteiger partial charge in [0.05, 0.1) is 6.54 Å². The van der Waals surface area contributed by atoms with Crippen LogP contribution in [0.2, 0.25) is 0 Å². The smallest absolute Gasteiger partial charge is 0.276 e. The molecule has 0 radical (unpaired) electrons. The number of amides is 2. The molecule has 0 spiro atoms. The predicted octanol–water partition coefficient (Wildman–Crippen LogP) is 3.07. The molecule has 3 N–H and O–H groups in total. The van der Waals surface area contributed by atoms with Gasteiger partial charge in [0.2, 0.25) is 0 Å². The number of nitrogens with one attached hydrogen (secondary N) is 3. The van der Waals surface area contributed by atoms with Crippen LogP contribution in [0.1, 0.15) is 36.5 Å². The Bertz CT molecular complexity index is 803. The van der Waals surface area contributed by atoms with Crippen LogP contribution in [-0.2, 0) is 9.59 Å². The molecule has 0 atom stereocenters. The Kier molecular flexibility index (Phi) is 7.23. The van der Waals surface area contributed by atoms with E-state index in [1.807, 2.05) is 56.3 Å². The summed E-state index contributed by atoms with van der Waals surface area (Å²) in [6.07, 6.45) is 0. The molecule has 0 aromatic heterocycles. The number of anilines is 1. The fourth-order valence-electron chi connectivity index (χ4n) is 2.64. The summed E-state index contributed by atoms with van der Waals surface area (Å²) in [6.45, 7) is 7.99. The first-order valence-corrected chi connectivity index (χ1v) is 8.97. The van der Waals surface area contributed by atoms with Gasteiger partial charge in [-0.1, -0.05) is 49.7 Å². The van der Waals surface area contributed by atoms with Gasteiger partial charge in [0.1, 0.15) is 5.75 Å². The van der Waals surface area contributed by atoms with Gasteiger partial charge in [-0.05, 0) is 43.0 Å². The van der Waals surface area contributed by atoms with Crippen molar-refractivity contribution in [2.45, 2.75) is 33.6 Å².